The molecule has 2 unspecified atom stereocenters. The number of aliphatic hydroxyl groups excluding tert-OH is 1. The van der Waals surface area contributed by atoms with Crippen LogP contribution in [0.15, 0.2) is 18.2 Å². The second kappa shape index (κ2) is 11.4. The molecule has 10 nitrogen and oxygen atoms in total. The van der Waals surface area contributed by atoms with E-state index in [-0.39, 0.29) is 35.9 Å². The van der Waals surface area contributed by atoms with Crippen LogP contribution in [-0.4, -0.2) is 53.7 Å². The van der Waals surface area contributed by atoms with E-state index in [4.69, 9.17) is 29.9 Å². The van der Waals surface area contributed by atoms with Crippen LogP contribution in [0.5, 0.6) is 11.5 Å². The average molecular weight is 377 g/mol. The van der Waals surface area contributed by atoms with Crippen LogP contribution in [0.25, 0.3) is 0 Å². The van der Waals surface area contributed by atoms with Gasteiger partial charge in [0, 0.05) is 6.16 Å². The minimum atomic E-state index is -3.81. The number of carbonyl (C=O) groups is 1. The number of nitrogens with two attached hydrogens (primary N) is 1. The molecule has 0 spiro atoms. The van der Waals surface area contributed by atoms with Crippen molar-refractivity contribution in [2.75, 3.05) is 26.4 Å². The van der Waals surface area contributed by atoms with Gasteiger partial charge < -0.3 is 30.3 Å². The Morgan fingerprint density at radius 2 is 1.96 bits per heavy atom. The number of carboxylic acids is 1. The molecule has 5 N–H and O–H groups in total. The monoisotopic (exact) mass is 377 g/mol. The number of rotatable bonds is 9. The average Bonchev–Trinajstić information content (AvgIpc) is 2.58. The highest BCUT2D eigenvalue weighted by atomic mass is 31.2. The van der Waals surface area contributed by atoms with Crippen LogP contribution in [0.1, 0.15) is 17.8 Å². The number of methoxy groups -OCH3 is 1. The van der Waals surface area contributed by atoms with Crippen molar-refractivity contribution in [3.05, 3.63) is 23.8 Å². The normalized spacial score (nSPS) is 13.4. The molecule has 0 aliphatic rings. The maximum absolute atomic E-state index is 12.1. The largest absolute Gasteiger partial charge is 0.493 e. The molecule has 25 heavy (non-hydrogen) atoms. The first kappa shape index (κ1) is 22.8. The number of hydrogen-bond donors (Lipinski definition) is 4. The van der Waals surface area contributed by atoms with Crippen molar-refractivity contribution in [3.8, 4) is 11.5 Å². The second-order valence-electron chi connectivity index (χ2n) is 4.67. The first-order valence-electron chi connectivity index (χ1n) is 6.94. The van der Waals surface area contributed by atoms with Crippen LogP contribution in [-0.2, 0) is 18.9 Å². The predicted molar refractivity (Wildman–Crippen MR) is 84.5 cm³/mol. The van der Waals surface area contributed by atoms with Crippen molar-refractivity contribution >= 4 is 19.5 Å². The number of benzene rings is 1. The van der Waals surface area contributed by atoms with Gasteiger partial charge in [-0.1, -0.05) is 6.07 Å². The highest BCUT2D eigenvalue weighted by Gasteiger charge is 2.30. The summed E-state index contributed by atoms with van der Waals surface area (Å²) in [4.78, 5) is 36.6. The van der Waals surface area contributed by atoms with E-state index in [9.17, 15) is 19.4 Å². The number of carboxylic acid groups (broad SMARTS) is 1. The Balaban J connectivity index is 0.00000178. The molecule has 0 saturated carbocycles. The summed E-state index contributed by atoms with van der Waals surface area (Å²) in [5.41, 5.74) is 5.48. The Labute approximate surface area is 143 Å². The first-order chi connectivity index (χ1) is 11.7. The molecule has 0 amide bonds. The topological polar surface area (TPSA) is 173 Å². The third kappa shape index (κ3) is 7.93. The van der Waals surface area contributed by atoms with Gasteiger partial charge in [0.2, 0.25) is 7.37 Å². The van der Waals surface area contributed by atoms with E-state index in [1.807, 2.05) is 0 Å². The Morgan fingerprint density at radius 1 is 1.36 bits per heavy atom. The summed E-state index contributed by atoms with van der Waals surface area (Å²) in [5.74, 6) is -2.39. The summed E-state index contributed by atoms with van der Waals surface area (Å²) in [5, 5.41) is 18.6. The van der Waals surface area contributed by atoms with E-state index < -0.39 is 25.8 Å². The highest BCUT2D eigenvalue weighted by Crippen LogP contribution is 2.54. The van der Waals surface area contributed by atoms with E-state index in [1.165, 1.54) is 25.3 Å². The standard InChI is InChI=1S/C13H20NO7P.CO2/c1-20-11-7-9(3-4-10(11)21-8-12(15)16)13(17)22(18,19)6-2-5-14;2-1-3/h3-4,7,13,17H,2,5-6,8,14H2,1H3,(H,15,16)(H,18,19);. The zero-order valence-corrected chi connectivity index (χ0v) is 14.3. The third-order valence-corrected chi connectivity index (χ3v) is 4.92. The van der Waals surface area contributed by atoms with Crippen molar-refractivity contribution in [2.24, 2.45) is 5.73 Å². The van der Waals surface area contributed by atoms with Crippen molar-refractivity contribution in [1.82, 2.24) is 0 Å². The number of ether oxygens (including phenoxy) is 2. The molecule has 140 valence electrons. The van der Waals surface area contributed by atoms with E-state index >= 15 is 0 Å². The lowest BCUT2D eigenvalue weighted by Crippen LogP contribution is -2.10. The quantitative estimate of drug-likeness (QED) is 0.435. The molecule has 1 aromatic carbocycles. The molecule has 1 aromatic rings. The third-order valence-electron chi connectivity index (χ3n) is 2.90. The van der Waals surface area contributed by atoms with Gasteiger partial charge in [0.25, 0.3) is 0 Å². The lowest BCUT2D eigenvalue weighted by molar-refractivity contribution is -0.191. The minimum absolute atomic E-state index is 0.0930. The van der Waals surface area contributed by atoms with Gasteiger partial charge in [-0.3, -0.25) is 4.57 Å². The molecule has 0 radical (unpaired) electrons. The molecule has 0 aliphatic carbocycles. The Morgan fingerprint density at radius 3 is 2.44 bits per heavy atom. The zero-order chi connectivity index (χ0) is 19.5. The van der Waals surface area contributed by atoms with Gasteiger partial charge in [0.1, 0.15) is 0 Å². The van der Waals surface area contributed by atoms with Crippen LogP contribution in [0, 0.1) is 0 Å². The van der Waals surface area contributed by atoms with Gasteiger partial charge in [0.15, 0.2) is 24.0 Å². The van der Waals surface area contributed by atoms with Crippen LogP contribution >= 0.6 is 7.37 Å². The van der Waals surface area contributed by atoms with E-state index in [2.05, 4.69) is 0 Å². The summed E-state index contributed by atoms with van der Waals surface area (Å²) >= 11 is 0. The molecular formula is C14H20NO9P. The maximum atomic E-state index is 12.1. The van der Waals surface area contributed by atoms with Crippen molar-refractivity contribution in [3.63, 3.8) is 0 Å². The first-order valence-corrected chi connectivity index (χ1v) is 8.86. The fourth-order valence-electron chi connectivity index (χ4n) is 1.78. The Kier molecular flexibility index (Phi) is 10.3. The van der Waals surface area contributed by atoms with Gasteiger partial charge in [-0.05, 0) is 30.7 Å². The van der Waals surface area contributed by atoms with Gasteiger partial charge >= 0.3 is 12.1 Å². The molecular weight excluding hydrogens is 357 g/mol. The predicted octanol–water partition coefficient (Wildman–Crippen LogP) is 0.185. The summed E-state index contributed by atoms with van der Waals surface area (Å²) in [6, 6.07) is 4.10. The van der Waals surface area contributed by atoms with E-state index in [0.717, 1.165) is 0 Å². The van der Waals surface area contributed by atoms with Gasteiger partial charge in [0.05, 0.1) is 7.11 Å². The molecule has 11 heteroatoms. The summed E-state index contributed by atoms with van der Waals surface area (Å²) < 4.78 is 22.1. The van der Waals surface area contributed by atoms with Gasteiger partial charge in [-0.2, -0.15) is 9.59 Å². The van der Waals surface area contributed by atoms with Crippen molar-refractivity contribution < 1.29 is 43.5 Å². The van der Waals surface area contributed by atoms with Gasteiger partial charge in [-0.25, -0.2) is 4.79 Å². The fraction of sp³-hybridized carbons (Fsp3) is 0.429. The Bertz CT molecular complexity index is 643. The van der Waals surface area contributed by atoms with E-state index in [0.29, 0.717) is 6.42 Å². The molecule has 0 saturated heterocycles. The van der Waals surface area contributed by atoms with Crippen LogP contribution < -0.4 is 15.2 Å². The summed E-state index contributed by atoms with van der Waals surface area (Å²) in [6.45, 7) is -0.296. The van der Waals surface area contributed by atoms with Crippen LogP contribution in [0.3, 0.4) is 0 Å². The van der Waals surface area contributed by atoms with Gasteiger partial charge in [-0.15, -0.1) is 0 Å². The molecule has 0 aliphatic heterocycles. The smallest absolute Gasteiger partial charge is 0.373 e. The molecule has 0 aromatic heterocycles. The van der Waals surface area contributed by atoms with Crippen molar-refractivity contribution in [2.45, 2.75) is 12.3 Å². The maximum Gasteiger partial charge on any atom is 0.373 e. The SMILES string of the molecule is COc1cc(C(O)P(=O)(O)CCCN)ccc1OCC(=O)O.O=C=O. The fourth-order valence-corrected chi connectivity index (χ4v) is 3.28. The van der Waals surface area contributed by atoms with Crippen LogP contribution in [0.2, 0.25) is 0 Å². The van der Waals surface area contributed by atoms with Crippen LogP contribution in [0.4, 0.5) is 0 Å². The highest BCUT2D eigenvalue weighted by molar-refractivity contribution is 7.58. The summed E-state index contributed by atoms with van der Waals surface area (Å²) in [6.07, 6.45) is 0.478. The minimum Gasteiger partial charge on any atom is -0.493 e. The number of aliphatic hydroxyl groups is 1. The number of hydrogen-bond acceptors (Lipinski definition) is 8. The lowest BCUT2D eigenvalue weighted by Gasteiger charge is -2.19. The summed E-state index contributed by atoms with van der Waals surface area (Å²) in [7, 11) is -2.47. The van der Waals surface area contributed by atoms with E-state index in [1.54, 1.807) is 0 Å². The molecule has 2 atom stereocenters. The molecule has 0 fully saturated rings. The Hall–Kier alpha value is -2.22. The lowest BCUT2D eigenvalue weighted by atomic mass is 10.2. The number of aliphatic carboxylic acids is 1. The molecule has 0 heterocycles. The zero-order valence-electron chi connectivity index (χ0n) is 13.5. The molecule has 0 bridgehead atoms. The van der Waals surface area contributed by atoms with Crippen molar-refractivity contribution in [1.29, 1.82) is 0 Å². The second-order valence-corrected chi connectivity index (χ2v) is 7.12. The number of carbonyl (C=O) groups excluding carboxylic acids is 2. The molecule has 1 rings (SSSR count).